The van der Waals surface area contributed by atoms with Crippen molar-refractivity contribution in [2.75, 3.05) is 13.1 Å². The number of rotatable bonds is 3. The molecule has 0 unspecified atom stereocenters. The zero-order valence-corrected chi connectivity index (χ0v) is 14.2. The maximum Gasteiger partial charge on any atom is 0.240 e. The molecule has 0 aliphatic carbocycles. The molecule has 1 saturated heterocycles. The Morgan fingerprint density at radius 1 is 1.43 bits per heavy atom. The summed E-state index contributed by atoms with van der Waals surface area (Å²) in [5, 5.41) is 8.86. The molecule has 1 aromatic carbocycles. The lowest BCUT2D eigenvalue weighted by Crippen LogP contribution is -2.36. The van der Waals surface area contributed by atoms with E-state index in [2.05, 4.69) is 4.72 Å². The summed E-state index contributed by atoms with van der Waals surface area (Å²) in [6, 6.07) is 4.80. The van der Waals surface area contributed by atoms with Gasteiger partial charge in [-0.3, -0.25) is 0 Å². The van der Waals surface area contributed by atoms with Crippen molar-refractivity contribution in [3.63, 3.8) is 0 Å². The molecule has 2 aliphatic rings. The molecule has 2 heterocycles. The van der Waals surface area contributed by atoms with E-state index in [4.69, 9.17) is 10.00 Å². The van der Waals surface area contributed by atoms with Crippen LogP contribution in [0.4, 0.5) is 0 Å². The summed E-state index contributed by atoms with van der Waals surface area (Å²) in [6.45, 7) is 5.08. The number of hydrogen-bond donors (Lipinski definition) is 1. The van der Waals surface area contributed by atoms with E-state index in [1.165, 1.54) is 0 Å². The Morgan fingerprint density at radius 2 is 2.22 bits per heavy atom. The van der Waals surface area contributed by atoms with Crippen molar-refractivity contribution in [2.24, 2.45) is 0 Å². The average Bonchev–Trinajstić information content (AvgIpc) is 2.92. The lowest BCUT2D eigenvalue weighted by molar-refractivity contribution is 0.0845. The minimum atomic E-state index is -3.58. The van der Waals surface area contributed by atoms with Crippen molar-refractivity contribution in [3.05, 3.63) is 23.8 Å². The molecule has 0 amide bonds. The van der Waals surface area contributed by atoms with Gasteiger partial charge < -0.3 is 9.64 Å². The van der Waals surface area contributed by atoms with E-state index in [0.29, 0.717) is 19.5 Å². The van der Waals surface area contributed by atoms with E-state index in [0.717, 1.165) is 24.2 Å². The van der Waals surface area contributed by atoms with Gasteiger partial charge in [0.25, 0.3) is 0 Å². The quantitative estimate of drug-likeness (QED) is 0.849. The predicted octanol–water partition coefficient (Wildman–Crippen LogP) is 1.62. The topological polar surface area (TPSA) is 82.4 Å². The Labute approximate surface area is 137 Å². The highest BCUT2D eigenvalue weighted by molar-refractivity contribution is 7.89. The Morgan fingerprint density at radius 3 is 2.91 bits per heavy atom. The van der Waals surface area contributed by atoms with Crippen molar-refractivity contribution >= 4 is 10.0 Å². The molecule has 0 saturated carbocycles. The summed E-state index contributed by atoms with van der Waals surface area (Å²) in [7, 11) is -3.58. The van der Waals surface area contributed by atoms with E-state index in [1.807, 2.05) is 20.0 Å². The zero-order chi connectivity index (χ0) is 16.7. The van der Waals surface area contributed by atoms with Crippen LogP contribution < -0.4 is 9.46 Å². The summed E-state index contributed by atoms with van der Waals surface area (Å²) >= 11 is 0. The van der Waals surface area contributed by atoms with Gasteiger partial charge in [0, 0.05) is 19.1 Å². The molecular weight excluding hydrogens is 314 g/mol. The number of sulfonamides is 1. The molecule has 23 heavy (non-hydrogen) atoms. The van der Waals surface area contributed by atoms with Gasteiger partial charge in [0.05, 0.1) is 4.90 Å². The second-order valence-electron chi connectivity index (χ2n) is 6.78. The number of fused-ring (bicyclic) bond motifs is 1. The normalized spacial score (nSPS) is 23.0. The molecule has 0 spiro atoms. The van der Waals surface area contributed by atoms with Crippen molar-refractivity contribution in [2.45, 2.75) is 49.6 Å². The van der Waals surface area contributed by atoms with Gasteiger partial charge in [-0.25, -0.2) is 13.1 Å². The second kappa shape index (κ2) is 5.69. The fourth-order valence-corrected chi connectivity index (χ4v) is 4.35. The monoisotopic (exact) mass is 335 g/mol. The first-order valence-corrected chi connectivity index (χ1v) is 9.26. The molecule has 6 nitrogen and oxygen atoms in total. The largest absolute Gasteiger partial charge is 0.488 e. The number of likely N-dealkylation sites (tertiary alicyclic amines) is 1. The maximum atomic E-state index is 12.5. The van der Waals surface area contributed by atoms with Crippen LogP contribution in [0.3, 0.4) is 0 Å². The van der Waals surface area contributed by atoms with Gasteiger partial charge in [0.2, 0.25) is 10.0 Å². The summed E-state index contributed by atoms with van der Waals surface area (Å²) in [5.41, 5.74) is 0.716. The van der Waals surface area contributed by atoms with Gasteiger partial charge in [0.15, 0.2) is 6.19 Å². The van der Waals surface area contributed by atoms with Crippen LogP contribution in [0.1, 0.15) is 32.3 Å². The molecule has 7 heteroatoms. The number of nitriles is 1. The van der Waals surface area contributed by atoms with Gasteiger partial charge in [-0.05, 0) is 56.9 Å². The molecule has 1 aromatic rings. The van der Waals surface area contributed by atoms with Gasteiger partial charge in [-0.1, -0.05) is 0 Å². The van der Waals surface area contributed by atoms with Crippen LogP contribution in [0.2, 0.25) is 0 Å². The van der Waals surface area contributed by atoms with Crippen molar-refractivity contribution in [3.8, 4) is 11.9 Å². The molecule has 0 bridgehead atoms. The Balaban J connectivity index is 1.78. The maximum absolute atomic E-state index is 12.5. The fraction of sp³-hybridized carbons (Fsp3) is 0.562. The highest BCUT2D eigenvalue weighted by atomic mass is 32.2. The van der Waals surface area contributed by atoms with Crippen LogP contribution in [-0.2, 0) is 16.4 Å². The average molecular weight is 335 g/mol. The summed E-state index contributed by atoms with van der Waals surface area (Å²) < 4.78 is 33.7. The number of aryl methyl sites for hydroxylation is 1. The van der Waals surface area contributed by atoms with Gasteiger partial charge in [-0.2, -0.15) is 5.26 Å². The highest BCUT2D eigenvalue weighted by Crippen LogP contribution is 2.34. The summed E-state index contributed by atoms with van der Waals surface area (Å²) in [4.78, 5) is 1.82. The molecule has 124 valence electrons. The molecule has 0 aromatic heterocycles. The molecule has 1 fully saturated rings. The molecule has 2 aliphatic heterocycles. The third-order valence-corrected chi connectivity index (χ3v) is 5.89. The standard InChI is InChI=1S/C16H21N3O3S/c1-16(2)7-5-12-9-14(3-4-15(12)22-16)23(20,21)18-13-6-8-19(10-13)11-17/h3-4,9,13,18H,5-8,10H2,1-2H3/t13-/m1/s1. The first kappa shape index (κ1) is 16.1. The van der Waals surface area contributed by atoms with Crippen molar-refractivity contribution in [1.29, 1.82) is 5.26 Å². The van der Waals surface area contributed by atoms with E-state index in [1.54, 1.807) is 23.1 Å². The second-order valence-corrected chi connectivity index (χ2v) is 8.50. The van der Waals surface area contributed by atoms with Gasteiger partial charge >= 0.3 is 0 Å². The van der Waals surface area contributed by atoms with Crippen LogP contribution in [0, 0.1) is 11.5 Å². The van der Waals surface area contributed by atoms with Crippen molar-refractivity contribution < 1.29 is 13.2 Å². The third kappa shape index (κ3) is 3.43. The van der Waals surface area contributed by atoms with Crippen molar-refractivity contribution in [1.82, 2.24) is 9.62 Å². The minimum Gasteiger partial charge on any atom is -0.488 e. The molecular formula is C16H21N3O3S. The van der Waals surface area contributed by atoms with Crippen LogP contribution in [-0.4, -0.2) is 38.1 Å². The zero-order valence-electron chi connectivity index (χ0n) is 13.4. The SMILES string of the molecule is CC1(C)CCc2cc(S(=O)(=O)N[C@@H]3CCN(C#N)C3)ccc2O1. The Hall–Kier alpha value is -1.78. The fourth-order valence-electron chi connectivity index (χ4n) is 3.04. The number of nitrogens with zero attached hydrogens (tertiary/aromatic N) is 2. The summed E-state index contributed by atoms with van der Waals surface area (Å²) in [6.07, 6.45) is 4.36. The number of hydrogen-bond acceptors (Lipinski definition) is 5. The summed E-state index contributed by atoms with van der Waals surface area (Å²) in [5.74, 6) is 0.761. The first-order valence-electron chi connectivity index (χ1n) is 7.78. The predicted molar refractivity (Wildman–Crippen MR) is 85.4 cm³/mol. The molecule has 1 atom stereocenters. The van der Waals surface area contributed by atoms with Crippen LogP contribution >= 0.6 is 0 Å². The third-order valence-electron chi connectivity index (χ3n) is 4.38. The van der Waals surface area contributed by atoms with Crippen LogP contribution in [0.15, 0.2) is 23.1 Å². The van der Waals surface area contributed by atoms with Crippen LogP contribution in [0.25, 0.3) is 0 Å². The Bertz CT molecular complexity index is 752. The molecule has 0 radical (unpaired) electrons. The molecule has 1 N–H and O–H groups in total. The molecule has 3 rings (SSSR count). The highest BCUT2D eigenvalue weighted by Gasteiger charge is 2.30. The van der Waals surface area contributed by atoms with E-state index < -0.39 is 10.0 Å². The lowest BCUT2D eigenvalue weighted by atomic mass is 9.94. The Kier molecular flexibility index (Phi) is 3.98. The minimum absolute atomic E-state index is 0.212. The van der Waals surface area contributed by atoms with E-state index >= 15 is 0 Å². The smallest absolute Gasteiger partial charge is 0.240 e. The number of ether oxygens (including phenoxy) is 1. The lowest BCUT2D eigenvalue weighted by Gasteiger charge is -2.32. The van der Waals surface area contributed by atoms with E-state index in [-0.39, 0.29) is 16.5 Å². The number of nitrogens with one attached hydrogen (secondary N) is 1. The number of benzene rings is 1. The van der Waals surface area contributed by atoms with E-state index in [9.17, 15) is 8.42 Å². The van der Waals surface area contributed by atoms with Gasteiger partial charge in [0.1, 0.15) is 11.4 Å². The van der Waals surface area contributed by atoms with Crippen LogP contribution in [0.5, 0.6) is 5.75 Å². The van der Waals surface area contributed by atoms with Gasteiger partial charge in [-0.15, -0.1) is 0 Å². The first-order chi connectivity index (χ1) is 10.8.